The Hall–Kier alpha value is -3.15. The maximum atomic E-state index is 12.9. The van der Waals surface area contributed by atoms with E-state index in [1.54, 1.807) is 0 Å². The van der Waals surface area contributed by atoms with Crippen molar-refractivity contribution in [1.82, 2.24) is 24.1 Å². The second-order valence-electron chi connectivity index (χ2n) is 7.48. The van der Waals surface area contributed by atoms with Gasteiger partial charge in [0.15, 0.2) is 5.65 Å². The van der Waals surface area contributed by atoms with E-state index in [4.69, 9.17) is 0 Å². The Labute approximate surface area is 163 Å². The molecule has 0 aliphatic carbocycles. The number of fused-ring (bicyclic) bond motifs is 2. The van der Waals surface area contributed by atoms with Gasteiger partial charge in [0.25, 0.3) is 0 Å². The molecule has 3 aromatic heterocycles. The number of aromatic nitrogens is 4. The van der Waals surface area contributed by atoms with Crippen LogP contribution in [0, 0.1) is 0 Å². The standard InChI is InChI=1S/C22H23N5O/c28-21(11-15-25-14-10-17-6-1-2-8-19(17)25)26-12-5-7-18(16-26)22-24-23-20-9-3-4-13-27(20)22/h1-4,6,8-10,13-14,18H,5,7,11-12,15-16H2. The third-order valence-corrected chi connectivity index (χ3v) is 5.73. The van der Waals surface area contributed by atoms with Crippen LogP contribution >= 0.6 is 0 Å². The van der Waals surface area contributed by atoms with Crippen LogP contribution in [0.3, 0.4) is 0 Å². The summed E-state index contributed by atoms with van der Waals surface area (Å²) in [5.41, 5.74) is 2.04. The number of rotatable bonds is 4. The number of nitrogens with zero attached hydrogens (tertiary/aromatic N) is 5. The molecule has 0 bridgehead atoms. The van der Waals surface area contributed by atoms with Crippen molar-refractivity contribution in [3.63, 3.8) is 0 Å². The van der Waals surface area contributed by atoms with Gasteiger partial charge in [-0.2, -0.15) is 0 Å². The Morgan fingerprint density at radius 3 is 2.89 bits per heavy atom. The average molecular weight is 373 g/mol. The molecule has 4 heterocycles. The third-order valence-electron chi connectivity index (χ3n) is 5.73. The molecular weight excluding hydrogens is 350 g/mol. The van der Waals surface area contributed by atoms with E-state index in [0.29, 0.717) is 13.0 Å². The molecule has 142 valence electrons. The molecule has 1 aliphatic heterocycles. The van der Waals surface area contributed by atoms with Gasteiger partial charge in [0, 0.05) is 49.9 Å². The molecule has 6 heteroatoms. The first-order valence-electron chi connectivity index (χ1n) is 9.91. The SMILES string of the molecule is O=C(CCn1ccc2ccccc21)N1CCCC(c2nnc3ccccn23)C1. The van der Waals surface area contributed by atoms with Crippen molar-refractivity contribution in [2.24, 2.45) is 0 Å². The van der Waals surface area contributed by atoms with Gasteiger partial charge in [-0.1, -0.05) is 24.3 Å². The maximum absolute atomic E-state index is 12.9. The van der Waals surface area contributed by atoms with Crippen LogP contribution in [-0.4, -0.2) is 43.1 Å². The predicted octanol–water partition coefficient (Wildman–Crippen LogP) is 3.48. The monoisotopic (exact) mass is 373 g/mol. The fourth-order valence-corrected chi connectivity index (χ4v) is 4.26. The van der Waals surface area contributed by atoms with E-state index in [9.17, 15) is 4.79 Å². The first kappa shape index (κ1) is 17.0. The Morgan fingerprint density at radius 2 is 1.93 bits per heavy atom. The van der Waals surface area contributed by atoms with Gasteiger partial charge in [-0.25, -0.2) is 0 Å². The summed E-state index contributed by atoms with van der Waals surface area (Å²) in [5.74, 6) is 1.42. The highest BCUT2D eigenvalue weighted by Crippen LogP contribution is 2.26. The summed E-state index contributed by atoms with van der Waals surface area (Å²) >= 11 is 0. The van der Waals surface area contributed by atoms with Crippen LogP contribution in [0.5, 0.6) is 0 Å². The lowest BCUT2D eigenvalue weighted by Crippen LogP contribution is -2.39. The van der Waals surface area contributed by atoms with Gasteiger partial charge >= 0.3 is 0 Å². The Morgan fingerprint density at radius 1 is 1.04 bits per heavy atom. The number of likely N-dealkylation sites (tertiary alicyclic amines) is 1. The van der Waals surface area contributed by atoms with Gasteiger partial charge in [0.1, 0.15) is 5.82 Å². The van der Waals surface area contributed by atoms with Crippen molar-refractivity contribution >= 4 is 22.5 Å². The number of aryl methyl sites for hydroxylation is 1. The zero-order valence-electron chi connectivity index (χ0n) is 15.7. The summed E-state index contributed by atoms with van der Waals surface area (Å²) in [7, 11) is 0. The van der Waals surface area contributed by atoms with Crippen LogP contribution in [0.4, 0.5) is 0 Å². The Kier molecular flexibility index (Phi) is 4.31. The molecule has 0 radical (unpaired) electrons. The van der Waals surface area contributed by atoms with Gasteiger partial charge < -0.3 is 9.47 Å². The van der Waals surface area contributed by atoms with E-state index in [1.807, 2.05) is 45.8 Å². The highest BCUT2D eigenvalue weighted by molar-refractivity contribution is 5.80. The number of piperidine rings is 1. The highest BCUT2D eigenvalue weighted by atomic mass is 16.2. The van der Waals surface area contributed by atoms with Gasteiger partial charge in [0.2, 0.25) is 5.91 Å². The predicted molar refractivity (Wildman–Crippen MR) is 108 cm³/mol. The second-order valence-corrected chi connectivity index (χ2v) is 7.48. The minimum Gasteiger partial charge on any atom is -0.347 e. The van der Waals surface area contributed by atoms with E-state index in [0.717, 1.165) is 37.4 Å². The fraction of sp³-hybridized carbons (Fsp3) is 0.318. The van der Waals surface area contributed by atoms with Gasteiger partial charge in [-0.15, -0.1) is 10.2 Å². The number of amides is 1. The normalized spacial score (nSPS) is 17.4. The van der Waals surface area contributed by atoms with Gasteiger partial charge in [0.05, 0.1) is 0 Å². The second kappa shape index (κ2) is 7.11. The molecule has 1 atom stereocenters. The summed E-state index contributed by atoms with van der Waals surface area (Å²) in [6, 6.07) is 16.3. The molecule has 1 saturated heterocycles. The van der Waals surface area contributed by atoms with Crippen molar-refractivity contribution in [1.29, 1.82) is 0 Å². The van der Waals surface area contributed by atoms with E-state index in [1.165, 1.54) is 10.9 Å². The van der Waals surface area contributed by atoms with Crippen LogP contribution in [0.1, 0.15) is 31.0 Å². The molecule has 0 N–H and O–H groups in total. The van der Waals surface area contributed by atoms with E-state index >= 15 is 0 Å². The quantitative estimate of drug-likeness (QED) is 0.550. The van der Waals surface area contributed by atoms with Crippen molar-refractivity contribution in [2.45, 2.75) is 31.7 Å². The van der Waals surface area contributed by atoms with Crippen molar-refractivity contribution in [2.75, 3.05) is 13.1 Å². The molecule has 1 aliphatic rings. The van der Waals surface area contributed by atoms with Crippen LogP contribution in [0.25, 0.3) is 16.6 Å². The zero-order chi connectivity index (χ0) is 18.9. The lowest BCUT2D eigenvalue weighted by molar-refractivity contribution is -0.132. The number of hydrogen-bond donors (Lipinski definition) is 0. The van der Waals surface area contributed by atoms with Crippen LogP contribution in [-0.2, 0) is 11.3 Å². The van der Waals surface area contributed by atoms with Gasteiger partial charge in [-0.3, -0.25) is 9.20 Å². The van der Waals surface area contributed by atoms with Crippen LogP contribution in [0.2, 0.25) is 0 Å². The summed E-state index contributed by atoms with van der Waals surface area (Å²) in [5, 5.41) is 9.89. The largest absolute Gasteiger partial charge is 0.347 e. The summed E-state index contributed by atoms with van der Waals surface area (Å²) in [6.45, 7) is 2.26. The van der Waals surface area contributed by atoms with E-state index in [2.05, 4.69) is 39.2 Å². The van der Waals surface area contributed by atoms with Crippen molar-refractivity contribution in [3.05, 3.63) is 66.7 Å². The molecule has 6 nitrogen and oxygen atoms in total. The fourth-order valence-electron chi connectivity index (χ4n) is 4.26. The highest BCUT2D eigenvalue weighted by Gasteiger charge is 2.27. The summed E-state index contributed by atoms with van der Waals surface area (Å²) in [6.07, 6.45) is 6.64. The molecular formula is C22H23N5O. The molecule has 1 unspecified atom stereocenters. The van der Waals surface area contributed by atoms with Crippen LogP contribution in [0.15, 0.2) is 60.9 Å². The Balaban J connectivity index is 1.27. The van der Waals surface area contributed by atoms with Crippen LogP contribution < -0.4 is 0 Å². The molecule has 4 aromatic rings. The first-order valence-corrected chi connectivity index (χ1v) is 9.91. The first-order chi connectivity index (χ1) is 13.8. The molecule has 5 rings (SSSR count). The van der Waals surface area contributed by atoms with Crippen molar-refractivity contribution < 1.29 is 4.79 Å². The third kappa shape index (κ3) is 3.05. The molecule has 1 amide bonds. The molecule has 0 saturated carbocycles. The average Bonchev–Trinajstić information content (AvgIpc) is 3.36. The number of benzene rings is 1. The summed E-state index contributed by atoms with van der Waals surface area (Å²) < 4.78 is 4.21. The maximum Gasteiger partial charge on any atom is 0.224 e. The lowest BCUT2D eigenvalue weighted by atomic mass is 9.97. The topological polar surface area (TPSA) is 55.4 Å². The number of hydrogen-bond acceptors (Lipinski definition) is 3. The minimum absolute atomic E-state index is 0.219. The number of carbonyl (C=O) groups excluding carboxylic acids is 1. The van der Waals surface area contributed by atoms with Crippen molar-refractivity contribution in [3.8, 4) is 0 Å². The molecule has 0 spiro atoms. The van der Waals surface area contributed by atoms with E-state index in [-0.39, 0.29) is 11.8 Å². The number of para-hydroxylation sites is 1. The number of carbonyl (C=O) groups is 1. The van der Waals surface area contributed by atoms with E-state index < -0.39 is 0 Å². The zero-order valence-corrected chi connectivity index (χ0v) is 15.7. The molecule has 1 fully saturated rings. The smallest absolute Gasteiger partial charge is 0.224 e. The minimum atomic E-state index is 0.219. The Bertz CT molecular complexity index is 1130. The number of pyridine rings is 1. The molecule has 1 aromatic carbocycles. The van der Waals surface area contributed by atoms with Gasteiger partial charge in [-0.05, 0) is 42.5 Å². The molecule has 28 heavy (non-hydrogen) atoms. The summed E-state index contributed by atoms with van der Waals surface area (Å²) in [4.78, 5) is 14.9. The lowest BCUT2D eigenvalue weighted by Gasteiger charge is -2.32.